The number of likely N-dealkylation sites (N-methyl/N-ethyl adjacent to an activating group) is 1. The Morgan fingerprint density at radius 3 is 2.87 bits per heavy atom. The summed E-state index contributed by atoms with van der Waals surface area (Å²) in [5, 5.41) is 14.0. The fraction of sp³-hybridized carbons (Fsp3) is 0.200. The number of rotatable bonds is 3. The summed E-state index contributed by atoms with van der Waals surface area (Å²) in [6.07, 6.45) is 0. The number of nitrogens with zero attached hydrogens (tertiary/aromatic N) is 1. The van der Waals surface area contributed by atoms with Gasteiger partial charge < -0.3 is 16.4 Å². The van der Waals surface area contributed by atoms with Crippen molar-refractivity contribution in [2.45, 2.75) is 0 Å². The highest BCUT2D eigenvalue weighted by Gasteiger charge is 2.02. The van der Waals surface area contributed by atoms with Crippen molar-refractivity contribution in [1.29, 1.82) is 5.26 Å². The lowest BCUT2D eigenvalue weighted by Crippen LogP contribution is -2.26. The summed E-state index contributed by atoms with van der Waals surface area (Å²) in [5.41, 5.74) is 7.28. The molecule has 4 N–H and O–H groups in total. The van der Waals surface area contributed by atoms with Gasteiger partial charge in [-0.05, 0) is 18.2 Å². The molecular formula is C10H12N4O. The predicted octanol–water partition coefficient (Wildman–Crippen LogP) is 0.298. The summed E-state index contributed by atoms with van der Waals surface area (Å²) in [6.45, 7) is 0.159. The third-order valence-corrected chi connectivity index (χ3v) is 1.90. The summed E-state index contributed by atoms with van der Waals surface area (Å²) in [6, 6.07) is 6.86. The van der Waals surface area contributed by atoms with Gasteiger partial charge in [-0.15, -0.1) is 0 Å². The predicted molar refractivity (Wildman–Crippen MR) is 58.1 cm³/mol. The summed E-state index contributed by atoms with van der Waals surface area (Å²) < 4.78 is 0. The van der Waals surface area contributed by atoms with Crippen LogP contribution in [-0.2, 0) is 4.79 Å². The molecule has 15 heavy (non-hydrogen) atoms. The van der Waals surface area contributed by atoms with Crippen LogP contribution in [0, 0.1) is 11.3 Å². The zero-order valence-electron chi connectivity index (χ0n) is 8.37. The van der Waals surface area contributed by atoms with Crippen molar-refractivity contribution < 1.29 is 4.79 Å². The van der Waals surface area contributed by atoms with E-state index in [1.54, 1.807) is 25.2 Å². The van der Waals surface area contributed by atoms with Crippen LogP contribution in [0.15, 0.2) is 18.2 Å². The number of amides is 1. The molecule has 5 heteroatoms. The van der Waals surface area contributed by atoms with Crippen LogP contribution < -0.4 is 16.4 Å². The van der Waals surface area contributed by atoms with E-state index in [-0.39, 0.29) is 12.5 Å². The normalized spacial score (nSPS) is 9.07. The number of nitriles is 1. The summed E-state index contributed by atoms with van der Waals surface area (Å²) in [5.74, 6) is -0.126. The largest absolute Gasteiger partial charge is 0.397 e. The molecule has 0 heterocycles. The van der Waals surface area contributed by atoms with E-state index in [1.807, 2.05) is 6.07 Å². The standard InChI is InChI=1S/C10H12N4O/c1-13-10(15)6-14-9-3-2-7(5-11)4-8(9)12/h2-4,14H,6,12H2,1H3,(H,13,15). The molecule has 0 saturated heterocycles. The molecule has 0 saturated carbocycles. The van der Waals surface area contributed by atoms with Crippen molar-refractivity contribution >= 4 is 17.3 Å². The fourth-order valence-corrected chi connectivity index (χ4v) is 1.06. The van der Waals surface area contributed by atoms with Crippen LogP contribution in [0.1, 0.15) is 5.56 Å². The summed E-state index contributed by atoms with van der Waals surface area (Å²) in [4.78, 5) is 11.0. The van der Waals surface area contributed by atoms with Crippen molar-refractivity contribution in [2.75, 3.05) is 24.6 Å². The molecule has 1 aromatic carbocycles. The van der Waals surface area contributed by atoms with E-state index in [1.165, 1.54) is 0 Å². The van der Waals surface area contributed by atoms with E-state index < -0.39 is 0 Å². The first kappa shape index (κ1) is 10.9. The third-order valence-electron chi connectivity index (χ3n) is 1.90. The van der Waals surface area contributed by atoms with Crippen LogP contribution in [0.5, 0.6) is 0 Å². The monoisotopic (exact) mass is 204 g/mol. The van der Waals surface area contributed by atoms with Gasteiger partial charge in [-0.2, -0.15) is 5.26 Å². The van der Waals surface area contributed by atoms with Gasteiger partial charge in [0, 0.05) is 7.05 Å². The lowest BCUT2D eigenvalue weighted by atomic mass is 10.2. The van der Waals surface area contributed by atoms with Gasteiger partial charge in [0.15, 0.2) is 0 Å². The molecule has 0 aliphatic heterocycles. The zero-order chi connectivity index (χ0) is 11.3. The molecule has 0 bridgehead atoms. The van der Waals surface area contributed by atoms with Gasteiger partial charge in [-0.3, -0.25) is 4.79 Å². The van der Waals surface area contributed by atoms with E-state index in [0.29, 0.717) is 16.9 Å². The number of nitrogens with one attached hydrogen (secondary N) is 2. The van der Waals surface area contributed by atoms with Gasteiger partial charge in [-0.1, -0.05) is 0 Å². The summed E-state index contributed by atoms with van der Waals surface area (Å²) >= 11 is 0. The molecule has 0 spiro atoms. The fourth-order valence-electron chi connectivity index (χ4n) is 1.06. The second-order valence-corrected chi connectivity index (χ2v) is 2.94. The Morgan fingerprint density at radius 2 is 2.33 bits per heavy atom. The Morgan fingerprint density at radius 1 is 1.60 bits per heavy atom. The minimum atomic E-state index is -0.126. The minimum Gasteiger partial charge on any atom is -0.397 e. The molecule has 78 valence electrons. The van der Waals surface area contributed by atoms with Crippen LogP contribution in [-0.4, -0.2) is 19.5 Å². The smallest absolute Gasteiger partial charge is 0.239 e. The number of nitrogens with two attached hydrogens (primary N) is 1. The highest BCUT2D eigenvalue weighted by atomic mass is 16.1. The lowest BCUT2D eigenvalue weighted by molar-refractivity contribution is -0.118. The molecule has 0 aromatic heterocycles. The molecule has 1 aromatic rings. The molecule has 0 radical (unpaired) electrons. The first-order chi connectivity index (χ1) is 7.17. The Hall–Kier alpha value is -2.22. The number of nitrogen functional groups attached to an aromatic ring is 1. The Labute approximate surface area is 87.9 Å². The van der Waals surface area contributed by atoms with Crippen molar-refractivity contribution in [3.63, 3.8) is 0 Å². The molecule has 1 rings (SSSR count). The quantitative estimate of drug-likeness (QED) is 0.617. The van der Waals surface area contributed by atoms with Crippen LogP contribution >= 0.6 is 0 Å². The molecule has 0 fully saturated rings. The molecular weight excluding hydrogens is 192 g/mol. The van der Waals surface area contributed by atoms with Gasteiger partial charge in [-0.25, -0.2) is 0 Å². The van der Waals surface area contributed by atoms with Crippen LogP contribution in [0.25, 0.3) is 0 Å². The van der Waals surface area contributed by atoms with E-state index in [0.717, 1.165) is 0 Å². The maximum atomic E-state index is 11.0. The third kappa shape index (κ3) is 2.88. The second-order valence-electron chi connectivity index (χ2n) is 2.94. The van der Waals surface area contributed by atoms with Gasteiger partial charge in [0.05, 0.1) is 29.6 Å². The van der Waals surface area contributed by atoms with Crippen molar-refractivity contribution in [1.82, 2.24) is 5.32 Å². The van der Waals surface area contributed by atoms with Crippen LogP contribution in [0.2, 0.25) is 0 Å². The van der Waals surface area contributed by atoms with Gasteiger partial charge in [0.1, 0.15) is 0 Å². The number of anilines is 2. The number of carbonyl (C=O) groups excluding carboxylic acids is 1. The number of benzene rings is 1. The van der Waals surface area contributed by atoms with E-state index >= 15 is 0 Å². The topological polar surface area (TPSA) is 90.9 Å². The molecule has 5 nitrogen and oxygen atoms in total. The molecule has 1 amide bonds. The Kier molecular flexibility index (Phi) is 3.52. The Bertz CT molecular complexity index is 408. The average Bonchev–Trinajstić information content (AvgIpc) is 2.26. The van der Waals surface area contributed by atoms with Crippen LogP contribution in [0.3, 0.4) is 0 Å². The van der Waals surface area contributed by atoms with Crippen molar-refractivity contribution in [3.05, 3.63) is 23.8 Å². The number of hydrogen-bond acceptors (Lipinski definition) is 4. The van der Waals surface area contributed by atoms with E-state index in [2.05, 4.69) is 10.6 Å². The first-order valence-electron chi connectivity index (χ1n) is 4.41. The van der Waals surface area contributed by atoms with E-state index in [9.17, 15) is 4.79 Å². The molecule has 0 aliphatic rings. The highest BCUT2D eigenvalue weighted by Crippen LogP contribution is 2.18. The molecule has 0 unspecified atom stereocenters. The maximum Gasteiger partial charge on any atom is 0.239 e. The first-order valence-corrected chi connectivity index (χ1v) is 4.41. The lowest BCUT2D eigenvalue weighted by Gasteiger charge is -2.08. The Balaban J connectivity index is 2.71. The van der Waals surface area contributed by atoms with Gasteiger partial charge in [0.25, 0.3) is 0 Å². The van der Waals surface area contributed by atoms with Gasteiger partial charge >= 0.3 is 0 Å². The molecule has 0 aliphatic carbocycles. The van der Waals surface area contributed by atoms with Crippen LogP contribution in [0.4, 0.5) is 11.4 Å². The van der Waals surface area contributed by atoms with Crippen molar-refractivity contribution in [2.24, 2.45) is 0 Å². The molecule has 0 atom stereocenters. The zero-order valence-corrected chi connectivity index (χ0v) is 8.37. The maximum absolute atomic E-state index is 11.0. The average molecular weight is 204 g/mol. The number of hydrogen-bond donors (Lipinski definition) is 3. The SMILES string of the molecule is CNC(=O)CNc1ccc(C#N)cc1N. The second kappa shape index (κ2) is 4.86. The van der Waals surface area contributed by atoms with E-state index in [4.69, 9.17) is 11.0 Å². The van der Waals surface area contributed by atoms with Crippen molar-refractivity contribution in [3.8, 4) is 6.07 Å². The van der Waals surface area contributed by atoms with Gasteiger partial charge in [0.2, 0.25) is 5.91 Å². The highest BCUT2D eigenvalue weighted by molar-refractivity contribution is 5.82. The number of carbonyl (C=O) groups is 1. The minimum absolute atomic E-state index is 0.126. The summed E-state index contributed by atoms with van der Waals surface area (Å²) in [7, 11) is 1.56.